The van der Waals surface area contributed by atoms with Crippen LogP contribution in [0.5, 0.6) is 11.5 Å². The minimum absolute atomic E-state index is 0.0630. The van der Waals surface area contributed by atoms with Crippen molar-refractivity contribution in [3.63, 3.8) is 0 Å². The summed E-state index contributed by atoms with van der Waals surface area (Å²) in [6.45, 7) is 0. The number of imide groups is 4. The Bertz CT molecular complexity index is 1320. The molecule has 1 aromatic rings. The Morgan fingerprint density at radius 3 is 2.44 bits per heavy atom. The van der Waals surface area contributed by atoms with Gasteiger partial charge >= 0.3 is 6.03 Å². The number of aromatic hydroxyl groups is 1. The van der Waals surface area contributed by atoms with E-state index >= 15 is 0 Å². The van der Waals surface area contributed by atoms with Gasteiger partial charge in [-0.05, 0) is 30.9 Å². The number of primary amides is 1. The molecule has 0 unspecified atom stereocenters. The number of hydrogen-bond acceptors (Lipinski definition) is 7. The van der Waals surface area contributed by atoms with Crippen LogP contribution in [-0.2, 0) is 19.2 Å². The molecular formula is C23H20BrCl2N3O7. The second-order valence-corrected chi connectivity index (χ2v) is 11.6. The number of halogens is 3. The molecule has 0 aromatic heterocycles. The minimum Gasteiger partial charge on any atom is -0.504 e. The lowest BCUT2D eigenvalue weighted by molar-refractivity contribution is -0.139. The maximum Gasteiger partial charge on any atom is 0.328 e. The van der Waals surface area contributed by atoms with Crippen molar-refractivity contribution in [2.75, 3.05) is 14.2 Å². The van der Waals surface area contributed by atoms with Crippen molar-refractivity contribution in [2.45, 2.75) is 28.5 Å². The number of urea groups is 1. The first-order valence-electron chi connectivity index (χ1n) is 10.9. The first-order valence-corrected chi connectivity index (χ1v) is 12.5. The fourth-order valence-corrected chi connectivity index (χ4v) is 7.74. The molecule has 2 aliphatic heterocycles. The third-order valence-electron chi connectivity index (χ3n) is 7.83. The molecule has 2 aliphatic carbocycles. The maximum atomic E-state index is 13.5. The van der Waals surface area contributed by atoms with E-state index in [1.807, 2.05) is 0 Å². The van der Waals surface area contributed by atoms with Gasteiger partial charge in [0.2, 0.25) is 11.8 Å². The summed E-state index contributed by atoms with van der Waals surface area (Å²) >= 11 is 17.4. The average Bonchev–Trinajstić information content (AvgIpc) is 3.15. The molecule has 6 atom stereocenters. The quantitative estimate of drug-likeness (QED) is 0.300. The molecule has 5 rings (SSSR count). The Balaban J connectivity index is 1.78. The summed E-state index contributed by atoms with van der Waals surface area (Å²) in [5.41, 5.74) is 5.91. The summed E-state index contributed by atoms with van der Waals surface area (Å²) in [7, 11) is 2.61. The van der Waals surface area contributed by atoms with Crippen LogP contribution in [0.1, 0.15) is 24.3 Å². The van der Waals surface area contributed by atoms with Crippen LogP contribution in [0.3, 0.4) is 0 Å². The summed E-state index contributed by atoms with van der Waals surface area (Å²) in [5, 5.41) is 11.1. The molecule has 0 radical (unpaired) electrons. The summed E-state index contributed by atoms with van der Waals surface area (Å²) < 4.78 is 5.77. The van der Waals surface area contributed by atoms with Crippen molar-refractivity contribution >= 4 is 68.8 Å². The Morgan fingerprint density at radius 1 is 1.17 bits per heavy atom. The number of rotatable bonds is 2. The van der Waals surface area contributed by atoms with E-state index in [1.54, 1.807) is 6.08 Å². The van der Waals surface area contributed by atoms with E-state index < -0.39 is 63.1 Å². The van der Waals surface area contributed by atoms with E-state index in [9.17, 15) is 29.1 Å². The van der Waals surface area contributed by atoms with E-state index in [2.05, 4.69) is 15.9 Å². The number of methoxy groups -OCH3 is 1. The molecule has 1 saturated carbocycles. The van der Waals surface area contributed by atoms with E-state index in [0.717, 1.165) is 4.90 Å². The van der Waals surface area contributed by atoms with Crippen LogP contribution in [0.4, 0.5) is 4.79 Å². The summed E-state index contributed by atoms with van der Waals surface area (Å²) in [4.78, 5) is 62.1. The highest BCUT2D eigenvalue weighted by atomic mass is 79.9. The molecule has 13 heteroatoms. The SMILES string of the molecule is COc1cc(Br)cc([C@H]2C3=CC[C@@H]4C(=O)N(C(N)=O)C(=O)[C@@H]4[C@@H]3C[C@@]3(Cl)C(=O)N(C)C(=O)[C@@]23Cl)c1O. The van der Waals surface area contributed by atoms with Gasteiger partial charge in [0, 0.05) is 23.0 Å². The van der Waals surface area contributed by atoms with E-state index in [4.69, 9.17) is 33.7 Å². The van der Waals surface area contributed by atoms with E-state index in [1.165, 1.54) is 26.3 Å². The van der Waals surface area contributed by atoms with Gasteiger partial charge in [0.15, 0.2) is 21.2 Å². The van der Waals surface area contributed by atoms with Gasteiger partial charge in [0.1, 0.15) is 0 Å². The number of nitrogens with two attached hydrogens (primary N) is 1. The molecule has 3 N–H and O–H groups in total. The zero-order valence-corrected chi connectivity index (χ0v) is 22.1. The predicted molar refractivity (Wildman–Crippen MR) is 129 cm³/mol. The Hall–Kier alpha value is -2.63. The largest absolute Gasteiger partial charge is 0.504 e. The van der Waals surface area contributed by atoms with Crippen molar-refractivity contribution in [3.05, 3.63) is 33.8 Å². The Labute approximate surface area is 223 Å². The van der Waals surface area contributed by atoms with Crippen LogP contribution in [0.25, 0.3) is 0 Å². The van der Waals surface area contributed by atoms with Crippen LogP contribution < -0.4 is 10.5 Å². The molecule has 2 saturated heterocycles. The number of phenols is 1. The zero-order valence-electron chi connectivity index (χ0n) is 19.0. The van der Waals surface area contributed by atoms with Crippen molar-refractivity contribution < 1.29 is 33.8 Å². The molecule has 36 heavy (non-hydrogen) atoms. The van der Waals surface area contributed by atoms with Crippen molar-refractivity contribution in [1.29, 1.82) is 0 Å². The number of alkyl halides is 2. The third kappa shape index (κ3) is 2.87. The zero-order chi connectivity index (χ0) is 26.5. The molecule has 1 aromatic carbocycles. The van der Waals surface area contributed by atoms with Gasteiger partial charge in [-0.2, -0.15) is 4.90 Å². The van der Waals surface area contributed by atoms with Gasteiger partial charge in [-0.15, -0.1) is 23.2 Å². The normalized spacial score (nSPS) is 35.4. The predicted octanol–water partition coefficient (Wildman–Crippen LogP) is 2.23. The summed E-state index contributed by atoms with van der Waals surface area (Å²) in [6.07, 6.45) is 1.50. The van der Waals surface area contributed by atoms with Crippen LogP contribution in [0.15, 0.2) is 28.3 Å². The van der Waals surface area contributed by atoms with Gasteiger partial charge in [-0.1, -0.05) is 27.6 Å². The minimum atomic E-state index is -2.06. The highest BCUT2D eigenvalue weighted by molar-refractivity contribution is 9.10. The molecule has 190 valence electrons. The number of amides is 6. The molecule has 0 bridgehead atoms. The molecule has 4 aliphatic rings. The first kappa shape index (κ1) is 25.0. The van der Waals surface area contributed by atoms with E-state index in [-0.39, 0.29) is 29.9 Å². The number of ether oxygens (including phenoxy) is 1. The maximum absolute atomic E-state index is 13.5. The number of allylic oxidation sites excluding steroid dienone is 2. The van der Waals surface area contributed by atoms with Crippen molar-refractivity contribution in [3.8, 4) is 11.5 Å². The van der Waals surface area contributed by atoms with Gasteiger partial charge in [0.25, 0.3) is 11.8 Å². The number of carbonyl (C=O) groups is 5. The number of hydrogen-bond donors (Lipinski definition) is 2. The fourth-order valence-electron chi connectivity index (χ4n) is 6.28. The number of fused-ring (bicyclic) bond motifs is 4. The highest BCUT2D eigenvalue weighted by Crippen LogP contribution is 2.66. The lowest BCUT2D eigenvalue weighted by Crippen LogP contribution is -2.60. The first-order chi connectivity index (χ1) is 16.8. The summed E-state index contributed by atoms with van der Waals surface area (Å²) in [5.74, 6) is -7.25. The molecular weight excluding hydrogens is 581 g/mol. The second-order valence-electron chi connectivity index (χ2n) is 9.39. The molecule has 0 spiro atoms. The van der Waals surface area contributed by atoms with Crippen LogP contribution in [-0.4, -0.2) is 68.5 Å². The molecule has 2 heterocycles. The topological polar surface area (TPSA) is 147 Å². The number of benzene rings is 1. The monoisotopic (exact) mass is 599 g/mol. The number of nitrogens with zero attached hydrogens (tertiary/aromatic N) is 2. The number of phenolic OH excluding ortho intramolecular Hbond substituents is 1. The number of carbonyl (C=O) groups excluding carboxylic acids is 5. The standard InChI is InChI=1S/C23H20BrCl2N3O7/c1-28-19(33)22(25)7-12-9(3-4-10-14(12)18(32)29(17(10)31)21(27)35)15(23(22,26)20(28)34)11-5-8(24)6-13(36-2)16(11)30/h3,5-6,10,12,14-15,30H,4,7H2,1-2H3,(H2,27,35)/t10-,12+,14-,15+,22+,23-/m0/s1. The third-order valence-corrected chi connectivity index (χ3v) is 9.71. The van der Waals surface area contributed by atoms with Gasteiger partial charge < -0.3 is 15.6 Å². The fraction of sp³-hybridized carbons (Fsp3) is 0.435. The molecule has 10 nitrogen and oxygen atoms in total. The van der Waals surface area contributed by atoms with Crippen molar-refractivity contribution in [2.24, 2.45) is 23.5 Å². The van der Waals surface area contributed by atoms with E-state index in [0.29, 0.717) is 14.9 Å². The van der Waals surface area contributed by atoms with Crippen molar-refractivity contribution in [1.82, 2.24) is 9.80 Å². The Morgan fingerprint density at radius 2 is 1.83 bits per heavy atom. The average molecular weight is 601 g/mol. The molecule has 3 fully saturated rings. The van der Waals surface area contributed by atoms with Crippen LogP contribution in [0.2, 0.25) is 0 Å². The van der Waals surface area contributed by atoms with Crippen LogP contribution in [0, 0.1) is 17.8 Å². The van der Waals surface area contributed by atoms with Gasteiger partial charge in [-0.25, -0.2) is 4.79 Å². The second kappa shape index (κ2) is 7.93. The number of likely N-dealkylation sites (tertiary alicyclic amines) is 2. The van der Waals surface area contributed by atoms with Gasteiger partial charge in [0.05, 0.1) is 18.9 Å². The smallest absolute Gasteiger partial charge is 0.328 e. The van der Waals surface area contributed by atoms with Crippen LogP contribution >= 0.6 is 39.1 Å². The lowest BCUT2D eigenvalue weighted by atomic mass is 9.56. The summed E-state index contributed by atoms with van der Waals surface area (Å²) in [6, 6.07) is 1.85. The Kier molecular flexibility index (Phi) is 5.52. The molecule has 6 amide bonds. The lowest BCUT2D eigenvalue weighted by Gasteiger charge is -2.50. The van der Waals surface area contributed by atoms with Gasteiger partial charge in [-0.3, -0.25) is 24.1 Å². The highest BCUT2D eigenvalue weighted by Gasteiger charge is 2.76.